The van der Waals surface area contributed by atoms with Gasteiger partial charge in [0.2, 0.25) is 0 Å². The number of aromatic nitrogens is 1. The van der Waals surface area contributed by atoms with Crippen molar-refractivity contribution < 1.29 is 0 Å². The summed E-state index contributed by atoms with van der Waals surface area (Å²) in [6.07, 6.45) is 2.91. The number of nitrogens with one attached hydrogen (secondary N) is 1. The second kappa shape index (κ2) is 5.25. The third-order valence-corrected chi connectivity index (χ3v) is 3.38. The van der Waals surface area contributed by atoms with Crippen molar-refractivity contribution in [2.45, 2.75) is 26.3 Å². The molecule has 0 amide bonds. The van der Waals surface area contributed by atoms with Gasteiger partial charge in [0.1, 0.15) is 0 Å². The van der Waals surface area contributed by atoms with E-state index in [4.69, 9.17) is 5.84 Å². The van der Waals surface area contributed by atoms with Gasteiger partial charge in [-0.3, -0.25) is 16.3 Å². The van der Waals surface area contributed by atoms with Gasteiger partial charge < -0.3 is 0 Å². The Morgan fingerprint density at radius 2 is 2.18 bits per heavy atom. The molecule has 1 aromatic heterocycles. The van der Waals surface area contributed by atoms with Gasteiger partial charge in [0.05, 0.1) is 5.52 Å². The molecule has 17 heavy (non-hydrogen) atoms. The van der Waals surface area contributed by atoms with Crippen LogP contribution in [0.3, 0.4) is 0 Å². The van der Waals surface area contributed by atoms with Crippen molar-refractivity contribution in [3.63, 3.8) is 0 Å². The van der Waals surface area contributed by atoms with Crippen molar-refractivity contribution >= 4 is 10.9 Å². The van der Waals surface area contributed by atoms with E-state index in [9.17, 15) is 0 Å². The number of nitrogens with zero attached hydrogens (tertiary/aromatic N) is 1. The second-order valence-corrected chi connectivity index (χ2v) is 4.49. The Bertz CT molecular complexity index is 496. The molecule has 0 saturated carbocycles. The normalized spacial score (nSPS) is 14.8. The highest BCUT2D eigenvalue weighted by atomic mass is 15.2. The number of rotatable bonds is 4. The average Bonchev–Trinajstić information content (AvgIpc) is 2.39. The van der Waals surface area contributed by atoms with E-state index in [1.165, 1.54) is 5.56 Å². The molecule has 0 radical (unpaired) electrons. The quantitative estimate of drug-likeness (QED) is 0.626. The lowest BCUT2D eigenvalue weighted by Crippen LogP contribution is -2.32. The average molecular weight is 229 g/mol. The molecule has 3 heteroatoms. The van der Waals surface area contributed by atoms with Crippen LogP contribution in [-0.4, -0.2) is 4.98 Å². The molecular formula is C14H19N3. The Labute approximate surface area is 102 Å². The molecule has 1 aromatic carbocycles. The summed E-state index contributed by atoms with van der Waals surface area (Å²) in [4.78, 5) is 4.38. The SMILES string of the molecule is CCC(C)C(NN)c1ccc2cccnc2c1. The molecule has 3 N–H and O–H groups in total. The van der Waals surface area contributed by atoms with Crippen LogP contribution in [0.25, 0.3) is 10.9 Å². The lowest BCUT2D eigenvalue weighted by molar-refractivity contribution is 0.383. The molecule has 0 fully saturated rings. The molecule has 2 unspecified atom stereocenters. The lowest BCUT2D eigenvalue weighted by atomic mass is 9.92. The fraction of sp³-hybridized carbons (Fsp3) is 0.357. The van der Waals surface area contributed by atoms with Gasteiger partial charge in [-0.2, -0.15) is 0 Å². The van der Waals surface area contributed by atoms with Gasteiger partial charge in [0.15, 0.2) is 0 Å². The molecule has 0 aliphatic rings. The van der Waals surface area contributed by atoms with Crippen molar-refractivity contribution in [1.82, 2.24) is 10.4 Å². The lowest BCUT2D eigenvalue weighted by Gasteiger charge is -2.22. The van der Waals surface area contributed by atoms with Gasteiger partial charge >= 0.3 is 0 Å². The van der Waals surface area contributed by atoms with Gasteiger partial charge in [-0.15, -0.1) is 0 Å². The van der Waals surface area contributed by atoms with Crippen LogP contribution >= 0.6 is 0 Å². The van der Waals surface area contributed by atoms with Gasteiger partial charge in [-0.1, -0.05) is 38.5 Å². The molecular weight excluding hydrogens is 210 g/mol. The molecule has 0 saturated heterocycles. The van der Waals surface area contributed by atoms with E-state index in [0.29, 0.717) is 5.92 Å². The van der Waals surface area contributed by atoms with Gasteiger partial charge in [-0.05, 0) is 23.6 Å². The van der Waals surface area contributed by atoms with Crippen molar-refractivity contribution in [3.05, 3.63) is 42.1 Å². The van der Waals surface area contributed by atoms with Crippen LogP contribution in [-0.2, 0) is 0 Å². The standard InChI is InChI=1S/C14H19N3/c1-3-10(2)14(17-15)12-7-6-11-5-4-8-16-13(11)9-12/h4-10,14,17H,3,15H2,1-2H3. The minimum atomic E-state index is 0.186. The van der Waals surface area contributed by atoms with Gasteiger partial charge in [0, 0.05) is 17.6 Å². The first-order chi connectivity index (χ1) is 8.26. The molecule has 0 aliphatic heterocycles. The monoisotopic (exact) mass is 229 g/mol. The van der Waals surface area contributed by atoms with Crippen LogP contribution in [0.1, 0.15) is 31.9 Å². The number of fused-ring (bicyclic) bond motifs is 1. The third kappa shape index (κ3) is 2.46. The molecule has 0 spiro atoms. The van der Waals surface area contributed by atoms with Crippen LogP contribution in [0, 0.1) is 5.92 Å². The summed E-state index contributed by atoms with van der Waals surface area (Å²) in [5, 5.41) is 1.16. The summed E-state index contributed by atoms with van der Waals surface area (Å²) in [5.41, 5.74) is 5.13. The Kier molecular flexibility index (Phi) is 3.71. The predicted molar refractivity (Wildman–Crippen MR) is 71.3 cm³/mol. The zero-order valence-electron chi connectivity index (χ0n) is 10.4. The van der Waals surface area contributed by atoms with E-state index < -0.39 is 0 Å². The zero-order valence-corrected chi connectivity index (χ0v) is 10.4. The number of pyridine rings is 1. The van der Waals surface area contributed by atoms with Crippen molar-refractivity contribution in [2.24, 2.45) is 11.8 Å². The molecule has 2 rings (SSSR count). The van der Waals surface area contributed by atoms with Crippen LogP contribution in [0.4, 0.5) is 0 Å². The van der Waals surface area contributed by atoms with E-state index in [0.717, 1.165) is 17.3 Å². The Morgan fingerprint density at radius 3 is 2.88 bits per heavy atom. The summed E-state index contributed by atoms with van der Waals surface area (Å²) < 4.78 is 0. The van der Waals surface area contributed by atoms with Crippen LogP contribution in [0.5, 0.6) is 0 Å². The molecule has 90 valence electrons. The minimum Gasteiger partial charge on any atom is -0.271 e. The fourth-order valence-corrected chi connectivity index (χ4v) is 2.10. The summed E-state index contributed by atoms with van der Waals surface area (Å²) in [6.45, 7) is 4.38. The topological polar surface area (TPSA) is 50.9 Å². The van der Waals surface area contributed by atoms with Gasteiger partial charge in [0.25, 0.3) is 0 Å². The first-order valence-corrected chi connectivity index (χ1v) is 6.07. The Balaban J connectivity index is 2.40. The number of hydrogen-bond acceptors (Lipinski definition) is 3. The highest BCUT2D eigenvalue weighted by Crippen LogP contribution is 2.25. The number of hydrazine groups is 1. The molecule has 1 heterocycles. The van der Waals surface area contributed by atoms with E-state index in [2.05, 4.69) is 48.5 Å². The highest BCUT2D eigenvalue weighted by molar-refractivity contribution is 5.78. The Morgan fingerprint density at radius 1 is 1.35 bits per heavy atom. The maximum absolute atomic E-state index is 5.65. The second-order valence-electron chi connectivity index (χ2n) is 4.49. The largest absolute Gasteiger partial charge is 0.271 e. The number of hydrogen-bond donors (Lipinski definition) is 2. The number of benzene rings is 1. The maximum atomic E-state index is 5.65. The summed E-state index contributed by atoms with van der Waals surface area (Å²) >= 11 is 0. The van der Waals surface area contributed by atoms with Crippen LogP contribution < -0.4 is 11.3 Å². The first-order valence-electron chi connectivity index (χ1n) is 6.07. The Hall–Kier alpha value is -1.45. The predicted octanol–water partition coefficient (Wildman–Crippen LogP) is 2.79. The van der Waals surface area contributed by atoms with Crippen molar-refractivity contribution in [1.29, 1.82) is 0 Å². The van der Waals surface area contributed by atoms with Crippen LogP contribution in [0.2, 0.25) is 0 Å². The molecule has 3 nitrogen and oxygen atoms in total. The van der Waals surface area contributed by atoms with E-state index in [1.807, 2.05) is 12.3 Å². The first kappa shape index (κ1) is 12.0. The summed E-state index contributed by atoms with van der Waals surface area (Å²) in [5.74, 6) is 6.16. The number of nitrogens with two attached hydrogens (primary N) is 1. The molecule has 2 atom stereocenters. The molecule has 0 bridgehead atoms. The maximum Gasteiger partial charge on any atom is 0.0705 e. The summed E-state index contributed by atoms with van der Waals surface area (Å²) in [7, 11) is 0. The molecule has 2 aromatic rings. The van der Waals surface area contributed by atoms with Gasteiger partial charge in [-0.25, -0.2) is 0 Å². The third-order valence-electron chi connectivity index (χ3n) is 3.38. The molecule has 0 aliphatic carbocycles. The van der Waals surface area contributed by atoms with E-state index in [1.54, 1.807) is 0 Å². The highest BCUT2D eigenvalue weighted by Gasteiger charge is 2.16. The minimum absolute atomic E-state index is 0.186. The summed E-state index contributed by atoms with van der Waals surface area (Å²) in [6, 6.07) is 10.6. The zero-order chi connectivity index (χ0) is 12.3. The smallest absolute Gasteiger partial charge is 0.0705 e. The van der Waals surface area contributed by atoms with Crippen molar-refractivity contribution in [3.8, 4) is 0 Å². The van der Waals surface area contributed by atoms with E-state index in [-0.39, 0.29) is 6.04 Å². The fourth-order valence-electron chi connectivity index (χ4n) is 2.10. The van der Waals surface area contributed by atoms with E-state index >= 15 is 0 Å². The van der Waals surface area contributed by atoms with Crippen molar-refractivity contribution in [2.75, 3.05) is 0 Å². The van der Waals surface area contributed by atoms with Crippen LogP contribution in [0.15, 0.2) is 36.5 Å².